The summed E-state index contributed by atoms with van der Waals surface area (Å²) in [6.45, 7) is 0. The summed E-state index contributed by atoms with van der Waals surface area (Å²) in [4.78, 5) is 16.3. The lowest BCUT2D eigenvalue weighted by atomic mass is 9.77. The molecule has 5 nitrogen and oxygen atoms in total. The van der Waals surface area contributed by atoms with Crippen molar-refractivity contribution in [1.29, 1.82) is 0 Å². The van der Waals surface area contributed by atoms with Gasteiger partial charge in [-0.05, 0) is 30.7 Å². The largest absolute Gasteiger partial charge is 0.476 e. The van der Waals surface area contributed by atoms with Crippen molar-refractivity contribution in [2.45, 2.75) is 31.3 Å². The van der Waals surface area contributed by atoms with E-state index in [0.29, 0.717) is 18.1 Å². The van der Waals surface area contributed by atoms with Crippen molar-refractivity contribution in [2.75, 3.05) is 7.11 Å². The molecule has 0 atom stereocenters. The van der Waals surface area contributed by atoms with Crippen LogP contribution >= 0.6 is 11.3 Å². The fraction of sp³-hybridized carbons (Fsp3) is 0.429. The molecule has 1 aliphatic carbocycles. The number of ether oxygens (including phenoxy) is 1. The Labute approximate surface area is 120 Å². The lowest BCUT2D eigenvalue weighted by Crippen LogP contribution is -2.41. The number of methoxy groups -OCH3 is 1. The molecule has 0 aromatic carbocycles. The third-order valence-electron chi connectivity index (χ3n) is 3.81. The van der Waals surface area contributed by atoms with E-state index in [2.05, 4.69) is 4.98 Å². The maximum absolute atomic E-state index is 11.3. The highest BCUT2D eigenvalue weighted by molar-refractivity contribution is 7.13. The summed E-state index contributed by atoms with van der Waals surface area (Å²) in [5.74, 6) is -0.280. The smallest absolute Gasteiger partial charge is 0.358 e. The third-order valence-corrected chi connectivity index (χ3v) is 4.67. The van der Waals surface area contributed by atoms with E-state index in [1.807, 2.05) is 17.5 Å². The maximum atomic E-state index is 11.3. The van der Waals surface area contributed by atoms with Gasteiger partial charge >= 0.3 is 5.97 Å². The predicted molar refractivity (Wildman–Crippen MR) is 74.1 cm³/mol. The molecule has 0 bridgehead atoms. The van der Waals surface area contributed by atoms with Crippen LogP contribution in [0, 0.1) is 0 Å². The minimum absolute atomic E-state index is 0.00303. The normalized spacial score (nSPS) is 16.9. The number of aromatic carboxylic acids is 1. The zero-order chi connectivity index (χ0) is 14.2. The number of hydrogen-bond donors (Lipinski definition) is 1. The van der Waals surface area contributed by atoms with Gasteiger partial charge in [0.05, 0.1) is 10.5 Å². The quantitative estimate of drug-likeness (QED) is 0.916. The number of hydrogen-bond acceptors (Lipinski definition) is 5. The van der Waals surface area contributed by atoms with Gasteiger partial charge in [0.1, 0.15) is 5.76 Å². The van der Waals surface area contributed by atoms with E-state index in [4.69, 9.17) is 9.15 Å². The minimum Gasteiger partial charge on any atom is -0.476 e. The summed E-state index contributed by atoms with van der Waals surface area (Å²) in [7, 11) is 1.66. The van der Waals surface area contributed by atoms with Crippen LogP contribution in [0.4, 0.5) is 0 Å². The molecule has 1 N–H and O–H groups in total. The minimum atomic E-state index is -1.06. The summed E-state index contributed by atoms with van der Waals surface area (Å²) >= 11 is 1.47. The van der Waals surface area contributed by atoms with Gasteiger partial charge in [0.2, 0.25) is 5.89 Å². The molecule has 3 rings (SSSR count). The molecule has 1 saturated carbocycles. The molecule has 1 aliphatic rings. The van der Waals surface area contributed by atoms with Crippen molar-refractivity contribution in [3.8, 4) is 10.8 Å². The fourth-order valence-corrected chi connectivity index (χ4v) is 3.11. The standard InChI is InChI=1S/C14H15NO4S/c1-18-14(5-3-6-14)8-9-11(13(16)17)15-12(19-9)10-4-2-7-20-10/h2,4,7H,3,5-6,8H2,1H3,(H,16,17). The fourth-order valence-electron chi connectivity index (χ4n) is 2.46. The Morgan fingerprint density at radius 3 is 2.90 bits per heavy atom. The van der Waals surface area contributed by atoms with Crippen molar-refractivity contribution in [3.63, 3.8) is 0 Å². The van der Waals surface area contributed by atoms with Gasteiger partial charge in [-0.2, -0.15) is 0 Å². The van der Waals surface area contributed by atoms with E-state index in [9.17, 15) is 9.90 Å². The van der Waals surface area contributed by atoms with E-state index in [-0.39, 0.29) is 11.3 Å². The van der Waals surface area contributed by atoms with Gasteiger partial charge in [0.25, 0.3) is 0 Å². The summed E-state index contributed by atoms with van der Waals surface area (Å²) < 4.78 is 11.2. The second kappa shape index (κ2) is 5.03. The molecule has 20 heavy (non-hydrogen) atoms. The Hall–Kier alpha value is -1.66. The van der Waals surface area contributed by atoms with Gasteiger partial charge in [0, 0.05) is 13.5 Å². The topological polar surface area (TPSA) is 72.6 Å². The van der Waals surface area contributed by atoms with Crippen molar-refractivity contribution in [2.24, 2.45) is 0 Å². The number of aromatic nitrogens is 1. The first kappa shape index (κ1) is 13.3. The van der Waals surface area contributed by atoms with Crippen LogP contribution in [0.1, 0.15) is 35.5 Å². The van der Waals surface area contributed by atoms with Crippen molar-refractivity contribution < 1.29 is 19.1 Å². The Morgan fingerprint density at radius 1 is 1.60 bits per heavy atom. The van der Waals surface area contributed by atoms with Crippen LogP contribution in [0.25, 0.3) is 10.8 Å². The molecule has 0 saturated heterocycles. The monoisotopic (exact) mass is 293 g/mol. The molecule has 0 radical (unpaired) electrons. The Kier molecular flexibility index (Phi) is 3.35. The first-order valence-corrected chi connectivity index (χ1v) is 7.33. The highest BCUT2D eigenvalue weighted by Crippen LogP contribution is 2.39. The Morgan fingerprint density at radius 2 is 2.40 bits per heavy atom. The number of carboxylic acid groups (broad SMARTS) is 1. The zero-order valence-electron chi connectivity index (χ0n) is 11.1. The van der Waals surface area contributed by atoms with Crippen LogP contribution < -0.4 is 0 Å². The number of thiophene rings is 1. The first-order valence-electron chi connectivity index (χ1n) is 6.45. The van der Waals surface area contributed by atoms with Gasteiger partial charge in [-0.3, -0.25) is 0 Å². The summed E-state index contributed by atoms with van der Waals surface area (Å²) in [6.07, 6.45) is 3.42. The molecule has 2 aromatic rings. The van der Waals surface area contributed by atoms with E-state index in [0.717, 1.165) is 24.1 Å². The van der Waals surface area contributed by atoms with Crippen LogP contribution in [0.5, 0.6) is 0 Å². The molecule has 0 unspecified atom stereocenters. The SMILES string of the molecule is COC1(Cc2oc(-c3cccs3)nc2C(=O)O)CCC1. The first-order chi connectivity index (χ1) is 9.63. The van der Waals surface area contributed by atoms with E-state index in [1.54, 1.807) is 7.11 Å². The van der Waals surface area contributed by atoms with Crippen LogP contribution in [0.3, 0.4) is 0 Å². The average Bonchev–Trinajstić information content (AvgIpc) is 3.02. The highest BCUT2D eigenvalue weighted by atomic mass is 32.1. The highest BCUT2D eigenvalue weighted by Gasteiger charge is 2.40. The molecule has 2 heterocycles. The maximum Gasteiger partial charge on any atom is 0.358 e. The van der Waals surface area contributed by atoms with Crippen molar-refractivity contribution >= 4 is 17.3 Å². The number of carbonyl (C=O) groups is 1. The van der Waals surface area contributed by atoms with Crippen molar-refractivity contribution in [3.05, 3.63) is 29.0 Å². The number of nitrogens with zero attached hydrogens (tertiary/aromatic N) is 1. The van der Waals surface area contributed by atoms with E-state index < -0.39 is 5.97 Å². The van der Waals surface area contributed by atoms with Gasteiger partial charge < -0.3 is 14.3 Å². The molecular formula is C14H15NO4S. The van der Waals surface area contributed by atoms with E-state index in [1.165, 1.54) is 11.3 Å². The Balaban J connectivity index is 1.94. The Bertz CT molecular complexity index is 608. The molecular weight excluding hydrogens is 278 g/mol. The van der Waals surface area contributed by atoms with Crippen LogP contribution in [0.15, 0.2) is 21.9 Å². The molecule has 1 fully saturated rings. The number of carboxylic acids is 1. The predicted octanol–water partition coefficient (Wildman–Crippen LogP) is 3.21. The average molecular weight is 293 g/mol. The lowest BCUT2D eigenvalue weighted by molar-refractivity contribution is -0.0738. The van der Waals surface area contributed by atoms with Crippen molar-refractivity contribution in [1.82, 2.24) is 4.98 Å². The van der Waals surface area contributed by atoms with E-state index >= 15 is 0 Å². The van der Waals surface area contributed by atoms with Gasteiger partial charge in [-0.1, -0.05) is 6.07 Å². The second-order valence-corrected chi connectivity index (χ2v) is 5.94. The molecule has 0 aliphatic heterocycles. The lowest BCUT2D eigenvalue weighted by Gasteiger charge is -2.39. The summed E-state index contributed by atoms with van der Waals surface area (Å²) in [6, 6.07) is 3.74. The van der Waals surface area contributed by atoms with Gasteiger partial charge in [-0.25, -0.2) is 9.78 Å². The molecule has 2 aromatic heterocycles. The van der Waals surface area contributed by atoms with Crippen LogP contribution in [-0.4, -0.2) is 28.8 Å². The molecule has 0 amide bonds. The van der Waals surface area contributed by atoms with Crippen LogP contribution in [0.2, 0.25) is 0 Å². The molecule has 106 valence electrons. The van der Waals surface area contributed by atoms with Crippen LogP contribution in [-0.2, 0) is 11.2 Å². The van der Waals surface area contributed by atoms with Gasteiger partial charge in [-0.15, -0.1) is 11.3 Å². The summed E-state index contributed by atoms with van der Waals surface area (Å²) in [5, 5.41) is 11.2. The molecule has 6 heteroatoms. The zero-order valence-corrected chi connectivity index (χ0v) is 11.9. The number of oxazole rings is 1. The third kappa shape index (κ3) is 2.25. The molecule has 0 spiro atoms. The van der Waals surface area contributed by atoms with Gasteiger partial charge in [0.15, 0.2) is 5.69 Å². The summed E-state index contributed by atoms with van der Waals surface area (Å²) in [5.41, 5.74) is -0.284. The second-order valence-electron chi connectivity index (χ2n) is 4.99. The number of rotatable bonds is 5.